The first-order chi connectivity index (χ1) is 16.2. The highest BCUT2D eigenvalue weighted by molar-refractivity contribution is 9.10. The highest BCUT2D eigenvalue weighted by Gasteiger charge is 2.50. The van der Waals surface area contributed by atoms with Crippen LogP contribution in [0.25, 0.3) is 0 Å². The van der Waals surface area contributed by atoms with Crippen LogP contribution in [0.3, 0.4) is 0 Å². The average Bonchev–Trinajstić information content (AvgIpc) is 3.38. The summed E-state index contributed by atoms with van der Waals surface area (Å²) in [6.07, 6.45) is 1.87. The molecular weight excluding hydrogens is 498 g/mol. The van der Waals surface area contributed by atoms with Crippen molar-refractivity contribution in [1.29, 1.82) is 0 Å². The number of benzene rings is 1. The monoisotopic (exact) mass is 529 g/mol. The maximum absolute atomic E-state index is 14.1. The summed E-state index contributed by atoms with van der Waals surface area (Å²) in [5.74, 6) is -0.400. The summed E-state index contributed by atoms with van der Waals surface area (Å²) in [6, 6.07) is 8.88. The normalized spacial score (nSPS) is 21.7. The molecule has 2 aromatic rings. The van der Waals surface area contributed by atoms with Crippen LogP contribution < -0.4 is 10.6 Å². The predicted molar refractivity (Wildman–Crippen MR) is 132 cm³/mol. The van der Waals surface area contributed by atoms with Crippen LogP contribution >= 0.6 is 15.9 Å². The van der Waals surface area contributed by atoms with E-state index in [9.17, 15) is 14.4 Å². The first kappa shape index (κ1) is 24.5. The van der Waals surface area contributed by atoms with Crippen LogP contribution in [0, 0.1) is 11.8 Å². The number of halogens is 1. The number of amides is 3. The minimum atomic E-state index is -1.04. The lowest BCUT2D eigenvalue weighted by Crippen LogP contribution is -2.67. The van der Waals surface area contributed by atoms with Crippen molar-refractivity contribution in [3.8, 4) is 0 Å². The fourth-order valence-corrected chi connectivity index (χ4v) is 5.42. The minimum absolute atomic E-state index is 0.0616. The summed E-state index contributed by atoms with van der Waals surface area (Å²) < 4.78 is 6.24. The Bertz CT molecular complexity index is 1050. The molecule has 34 heavy (non-hydrogen) atoms. The molecule has 3 unspecified atom stereocenters. The van der Waals surface area contributed by atoms with E-state index in [1.54, 1.807) is 12.1 Å². The summed E-state index contributed by atoms with van der Waals surface area (Å²) in [7, 11) is 0. The van der Waals surface area contributed by atoms with Crippen molar-refractivity contribution in [1.82, 2.24) is 15.5 Å². The summed E-state index contributed by atoms with van der Waals surface area (Å²) in [6.45, 7) is 7.73. The summed E-state index contributed by atoms with van der Waals surface area (Å²) in [4.78, 5) is 42.4. The number of nitrogens with zero attached hydrogens (tertiary/aromatic N) is 1. The van der Waals surface area contributed by atoms with Gasteiger partial charge >= 0.3 is 0 Å². The second-order valence-electron chi connectivity index (χ2n) is 10.0. The number of carbonyl (C=O) groups is 3. The molecule has 0 saturated carbocycles. The molecule has 0 bridgehead atoms. The Labute approximate surface area is 208 Å². The number of furan rings is 1. The molecule has 1 aromatic heterocycles. The molecule has 0 spiro atoms. The molecule has 7 nitrogen and oxygen atoms in total. The minimum Gasteiger partial charge on any atom is -0.452 e. The van der Waals surface area contributed by atoms with E-state index in [1.165, 1.54) is 16.0 Å². The third-order valence-corrected chi connectivity index (χ3v) is 6.95. The zero-order valence-corrected chi connectivity index (χ0v) is 21.6. The van der Waals surface area contributed by atoms with E-state index in [-0.39, 0.29) is 35.6 Å². The second kappa shape index (κ2) is 9.94. The smallest absolute Gasteiger partial charge is 0.250 e. The van der Waals surface area contributed by atoms with E-state index >= 15 is 0 Å². The van der Waals surface area contributed by atoms with Gasteiger partial charge in [0.1, 0.15) is 17.8 Å². The summed E-state index contributed by atoms with van der Waals surface area (Å²) >= 11 is 3.31. The van der Waals surface area contributed by atoms with Crippen molar-refractivity contribution >= 4 is 33.7 Å². The molecule has 182 valence electrons. The number of hydrogen-bond acceptors (Lipinski definition) is 4. The van der Waals surface area contributed by atoms with Gasteiger partial charge in [-0.3, -0.25) is 14.4 Å². The van der Waals surface area contributed by atoms with E-state index in [2.05, 4.69) is 38.7 Å². The van der Waals surface area contributed by atoms with Crippen molar-refractivity contribution < 1.29 is 18.8 Å². The Morgan fingerprint density at radius 3 is 2.29 bits per heavy atom. The lowest BCUT2D eigenvalue weighted by Gasteiger charge is -2.44. The topological polar surface area (TPSA) is 91.7 Å². The first-order valence-corrected chi connectivity index (χ1v) is 12.7. The molecular formula is C26H32BrN3O4. The van der Waals surface area contributed by atoms with Crippen molar-refractivity contribution in [3.05, 3.63) is 58.0 Å². The van der Waals surface area contributed by atoms with Crippen LogP contribution in [0.1, 0.15) is 57.0 Å². The van der Waals surface area contributed by atoms with Gasteiger partial charge in [0.05, 0.1) is 0 Å². The number of hydrogen-bond donors (Lipinski definition) is 2. The quantitative estimate of drug-likeness (QED) is 0.571. The van der Waals surface area contributed by atoms with E-state index in [1.807, 2.05) is 39.8 Å². The van der Waals surface area contributed by atoms with Crippen LogP contribution in [-0.4, -0.2) is 40.7 Å². The van der Waals surface area contributed by atoms with Crippen LogP contribution in [-0.2, 0) is 27.2 Å². The Morgan fingerprint density at radius 2 is 1.76 bits per heavy atom. The first-order valence-electron chi connectivity index (χ1n) is 11.9. The number of piperazine rings is 1. The molecule has 2 aliphatic rings. The fourth-order valence-electron chi connectivity index (χ4n) is 5.11. The number of nitrogens with one attached hydrogen (secondary N) is 2. The van der Waals surface area contributed by atoms with Crippen molar-refractivity contribution in [2.45, 2.75) is 71.1 Å². The van der Waals surface area contributed by atoms with Crippen LogP contribution in [0.15, 0.2) is 45.5 Å². The zero-order valence-electron chi connectivity index (χ0n) is 20.0. The van der Waals surface area contributed by atoms with E-state index < -0.39 is 18.1 Å². The average molecular weight is 530 g/mol. The van der Waals surface area contributed by atoms with Crippen LogP contribution in [0.4, 0.5) is 0 Å². The molecule has 4 rings (SSSR count). The number of carbonyl (C=O) groups excluding carboxylic acids is 3. The van der Waals surface area contributed by atoms with Gasteiger partial charge in [0.15, 0.2) is 10.7 Å². The van der Waals surface area contributed by atoms with Crippen molar-refractivity contribution in [3.63, 3.8) is 0 Å². The summed E-state index contributed by atoms with van der Waals surface area (Å²) in [5, 5.41) is 5.93. The molecule has 1 saturated heterocycles. The standard InChI is InChI=1S/C26H32BrN3O4/c1-14(2)11-19-24(31)29-22(18-12-16-7-5-6-8-17(16)13-18)26(33)30(19)23(25(32)28-15(3)4)20-9-10-21(27)34-20/h5-10,14-15,18-19,22-23H,11-13H2,1-4H3,(H,28,32)(H,29,31). The molecule has 1 aromatic carbocycles. The van der Waals surface area contributed by atoms with E-state index in [0.29, 0.717) is 29.7 Å². The zero-order chi connectivity index (χ0) is 24.6. The van der Waals surface area contributed by atoms with E-state index in [0.717, 1.165) is 0 Å². The Kier molecular flexibility index (Phi) is 7.17. The number of rotatable bonds is 7. The third kappa shape index (κ3) is 4.92. The van der Waals surface area contributed by atoms with Gasteiger partial charge < -0.3 is 20.0 Å². The Hall–Kier alpha value is -2.61. The maximum Gasteiger partial charge on any atom is 0.250 e. The van der Waals surface area contributed by atoms with Gasteiger partial charge in [0, 0.05) is 6.04 Å². The largest absolute Gasteiger partial charge is 0.452 e. The second-order valence-corrected chi connectivity index (χ2v) is 10.8. The van der Waals surface area contributed by atoms with Gasteiger partial charge in [-0.15, -0.1) is 0 Å². The highest BCUT2D eigenvalue weighted by atomic mass is 79.9. The van der Waals surface area contributed by atoms with Gasteiger partial charge in [0.25, 0.3) is 5.91 Å². The number of fused-ring (bicyclic) bond motifs is 1. The predicted octanol–water partition coefficient (Wildman–Crippen LogP) is 3.76. The van der Waals surface area contributed by atoms with Crippen LogP contribution in [0.5, 0.6) is 0 Å². The van der Waals surface area contributed by atoms with Gasteiger partial charge in [-0.2, -0.15) is 0 Å². The fraction of sp³-hybridized carbons (Fsp3) is 0.500. The molecule has 2 heterocycles. The molecule has 8 heteroatoms. The third-order valence-electron chi connectivity index (χ3n) is 6.53. The lowest BCUT2D eigenvalue weighted by molar-refractivity contribution is -0.158. The van der Waals surface area contributed by atoms with E-state index in [4.69, 9.17) is 4.42 Å². The molecule has 1 aliphatic carbocycles. The molecule has 1 fully saturated rings. The Balaban J connectivity index is 1.73. The van der Waals surface area contributed by atoms with Crippen molar-refractivity contribution in [2.75, 3.05) is 0 Å². The molecule has 0 radical (unpaired) electrons. The molecule has 1 aliphatic heterocycles. The van der Waals surface area contributed by atoms with Gasteiger partial charge in [-0.05, 0) is 84.1 Å². The highest BCUT2D eigenvalue weighted by Crippen LogP contribution is 2.36. The maximum atomic E-state index is 14.1. The SMILES string of the molecule is CC(C)CC1C(=O)NC(C2Cc3ccccc3C2)C(=O)N1C(C(=O)NC(C)C)c1ccc(Br)o1. The molecule has 2 N–H and O–H groups in total. The van der Waals surface area contributed by atoms with Gasteiger partial charge in [-0.1, -0.05) is 38.1 Å². The van der Waals surface area contributed by atoms with Gasteiger partial charge in [-0.25, -0.2) is 0 Å². The Morgan fingerprint density at radius 1 is 1.12 bits per heavy atom. The van der Waals surface area contributed by atoms with Gasteiger partial charge in [0.2, 0.25) is 11.8 Å². The molecule has 3 amide bonds. The summed E-state index contributed by atoms with van der Waals surface area (Å²) in [5.41, 5.74) is 2.41. The van der Waals surface area contributed by atoms with Crippen molar-refractivity contribution in [2.24, 2.45) is 11.8 Å². The molecule has 3 atom stereocenters. The lowest BCUT2D eigenvalue weighted by atomic mass is 9.88. The van der Waals surface area contributed by atoms with Crippen LogP contribution in [0.2, 0.25) is 0 Å².